The lowest BCUT2D eigenvalue weighted by molar-refractivity contribution is 0.0834. The highest BCUT2D eigenvalue weighted by Crippen LogP contribution is 2.46. The maximum absolute atomic E-state index is 11.1. The SMILES string of the molecule is CC(C)(C)c1cc([C@@H](C2CCC2)N2CCNCC2)cc(C(C)(C)C)c1O. The largest absolute Gasteiger partial charge is 0.507 e. The van der Waals surface area contributed by atoms with E-state index in [0.29, 0.717) is 11.8 Å². The van der Waals surface area contributed by atoms with Gasteiger partial charge in [0.2, 0.25) is 0 Å². The molecule has 0 radical (unpaired) electrons. The molecule has 0 amide bonds. The zero-order valence-corrected chi connectivity index (χ0v) is 17.7. The number of phenols is 1. The fraction of sp³-hybridized carbons (Fsp3) is 0.739. The summed E-state index contributed by atoms with van der Waals surface area (Å²) >= 11 is 0. The van der Waals surface area contributed by atoms with Crippen molar-refractivity contribution in [3.63, 3.8) is 0 Å². The van der Waals surface area contributed by atoms with Gasteiger partial charge < -0.3 is 10.4 Å². The van der Waals surface area contributed by atoms with E-state index in [0.717, 1.165) is 43.2 Å². The molecule has 3 nitrogen and oxygen atoms in total. The normalized spacial score (nSPS) is 21.5. The molecule has 1 aliphatic carbocycles. The van der Waals surface area contributed by atoms with Crippen molar-refractivity contribution in [3.05, 3.63) is 28.8 Å². The van der Waals surface area contributed by atoms with Crippen molar-refractivity contribution in [1.82, 2.24) is 10.2 Å². The topological polar surface area (TPSA) is 35.5 Å². The van der Waals surface area contributed by atoms with Crippen LogP contribution in [0.1, 0.15) is 83.5 Å². The van der Waals surface area contributed by atoms with E-state index >= 15 is 0 Å². The molecule has 0 spiro atoms. The number of hydrogen-bond acceptors (Lipinski definition) is 3. The number of hydrogen-bond donors (Lipinski definition) is 2. The lowest BCUT2D eigenvalue weighted by Gasteiger charge is -2.44. The van der Waals surface area contributed by atoms with Gasteiger partial charge in [-0.3, -0.25) is 4.90 Å². The molecule has 2 aliphatic rings. The molecule has 1 saturated carbocycles. The number of nitrogens with one attached hydrogen (secondary N) is 1. The van der Waals surface area contributed by atoms with E-state index in [1.54, 1.807) is 0 Å². The summed E-state index contributed by atoms with van der Waals surface area (Å²) in [5.74, 6) is 1.26. The molecular weight excluding hydrogens is 320 g/mol. The second-order valence-corrected chi connectivity index (χ2v) is 10.4. The number of aromatic hydroxyl groups is 1. The lowest BCUT2D eigenvalue weighted by Crippen LogP contribution is -2.48. The Hall–Kier alpha value is -1.06. The minimum atomic E-state index is -0.0618. The van der Waals surface area contributed by atoms with Gasteiger partial charge in [0, 0.05) is 32.2 Å². The van der Waals surface area contributed by atoms with Crippen LogP contribution in [-0.4, -0.2) is 36.2 Å². The Morgan fingerprint density at radius 2 is 1.46 bits per heavy atom. The maximum Gasteiger partial charge on any atom is 0.123 e. The molecule has 0 bridgehead atoms. The Labute approximate surface area is 160 Å². The first-order chi connectivity index (χ1) is 12.1. The van der Waals surface area contributed by atoms with Gasteiger partial charge in [0.05, 0.1) is 0 Å². The van der Waals surface area contributed by atoms with Crippen LogP contribution in [0.4, 0.5) is 0 Å². The Kier molecular flexibility index (Phi) is 5.43. The van der Waals surface area contributed by atoms with E-state index < -0.39 is 0 Å². The van der Waals surface area contributed by atoms with Crippen molar-refractivity contribution in [2.45, 2.75) is 77.7 Å². The number of benzene rings is 1. The monoisotopic (exact) mass is 358 g/mol. The molecule has 146 valence electrons. The molecule has 2 fully saturated rings. The molecule has 3 heteroatoms. The summed E-state index contributed by atoms with van der Waals surface area (Å²) in [6.45, 7) is 17.7. The van der Waals surface area contributed by atoms with Crippen molar-refractivity contribution >= 4 is 0 Å². The van der Waals surface area contributed by atoms with E-state index in [1.165, 1.54) is 24.8 Å². The minimum Gasteiger partial charge on any atom is -0.507 e. The van der Waals surface area contributed by atoms with Crippen LogP contribution in [0.15, 0.2) is 12.1 Å². The number of nitrogens with zero attached hydrogens (tertiary/aromatic N) is 1. The van der Waals surface area contributed by atoms with Crippen molar-refractivity contribution in [3.8, 4) is 5.75 Å². The number of phenolic OH excluding ortho intramolecular Hbond substituents is 1. The molecule has 1 saturated heterocycles. The molecule has 2 N–H and O–H groups in total. The van der Waals surface area contributed by atoms with Crippen LogP contribution in [0.3, 0.4) is 0 Å². The lowest BCUT2D eigenvalue weighted by atomic mass is 9.72. The molecule has 1 atom stereocenters. The fourth-order valence-electron chi connectivity index (χ4n) is 4.47. The van der Waals surface area contributed by atoms with Crippen LogP contribution >= 0.6 is 0 Å². The summed E-state index contributed by atoms with van der Waals surface area (Å²) in [6, 6.07) is 5.12. The van der Waals surface area contributed by atoms with Crippen LogP contribution in [0.2, 0.25) is 0 Å². The summed E-state index contributed by atoms with van der Waals surface area (Å²) in [7, 11) is 0. The molecular formula is C23H38N2O. The highest BCUT2D eigenvalue weighted by molar-refractivity contribution is 5.50. The van der Waals surface area contributed by atoms with Crippen LogP contribution in [0.5, 0.6) is 5.75 Å². The first-order valence-electron chi connectivity index (χ1n) is 10.4. The van der Waals surface area contributed by atoms with Crippen molar-refractivity contribution in [2.75, 3.05) is 26.2 Å². The van der Waals surface area contributed by atoms with Gasteiger partial charge in [-0.25, -0.2) is 0 Å². The predicted octanol–water partition coefficient (Wildman–Crippen LogP) is 4.73. The molecule has 1 aromatic carbocycles. The van der Waals surface area contributed by atoms with Crippen molar-refractivity contribution in [2.24, 2.45) is 5.92 Å². The van der Waals surface area contributed by atoms with E-state index in [-0.39, 0.29) is 10.8 Å². The van der Waals surface area contributed by atoms with Crippen LogP contribution in [0.25, 0.3) is 0 Å². The third-order valence-corrected chi connectivity index (χ3v) is 6.23. The smallest absolute Gasteiger partial charge is 0.123 e. The van der Waals surface area contributed by atoms with Gasteiger partial charge in [0.1, 0.15) is 5.75 Å². The Morgan fingerprint density at radius 1 is 0.962 bits per heavy atom. The summed E-state index contributed by atoms with van der Waals surface area (Å²) in [5, 5.41) is 14.6. The number of piperazine rings is 1. The Balaban J connectivity index is 2.11. The quantitative estimate of drug-likeness (QED) is 0.820. The predicted molar refractivity (Wildman–Crippen MR) is 110 cm³/mol. The second-order valence-electron chi connectivity index (χ2n) is 10.4. The summed E-state index contributed by atoms with van der Waals surface area (Å²) in [6.07, 6.45) is 4.04. The molecule has 1 heterocycles. The van der Waals surface area contributed by atoms with Gasteiger partial charge >= 0.3 is 0 Å². The summed E-state index contributed by atoms with van der Waals surface area (Å²) in [5.41, 5.74) is 3.49. The first-order valence-corrected chi connectivity index (χ1v) is 10.4. The fourth-order valence-corrected chi connectivity index (χ4v) is 4.47. The maximum atomic E-state index is 11.1. The van der Waals surface area contributed by atoms with Gasteiger partial charge in [-0.2, -0.15) is 0 Å². The first kappa shape index (κ1) is 19.7. The van der Waals surface area contributed by atoms with Crippen LogP contribution in [0, 0.1) is 5.92 Å². The molecule has 1 aliphatic heterocycles. The second kappa shape index (κ2) is 7.16. The third-order valence-electron chi connectivity index (χ3n) is 6.23. The average molecular weight is 359 g/mol. The van der Waals surface area contributed by atoms with E-state index in [4.69, 9.17) is 0 Å². The Morgan fingerprint density at radius 3 is 1.85 bits per heavy atom. The molecule has 0 aromatic heterocycles. The molecule has 26 heavy (non-hydrogen) atoms. The third kappa shape index (κ3) is 3.94. The van der Waals surface area contributed by atoms with Gasteiger partial charge in [-0.1, -0.05) is 48.0 Å². The molecule has 1 aromatic rings. The van der Waals surface area contributed by atoms with Gasteiger partial charge in [0.15, 0.2) is 0 Å². The van der Waals surface area contributed by atoms with Crippen LogP contribution in [-0.2, 0) is 10.8 Å². The van der Waals surface area contributed by atoms with Crippen molar-refractivity contribution in [1.29, 1.82) is 0 Å². The van der Waals surface area contributed by atoms with E-state index in [9.17, 15) is 5.11 Å². The van der Waals surface area contributed by atoms with Gasteiger partial charge in [-0.15, -0.1) is 0 Å². The van der Waals surface area contributed by atoms with Crippen molar-refractivity contribution < 1.29 is 5.11 Å². The Bertz CT molecular complexity index is 594. The standard InChI is InChI=1S/C23H38N2O/c1-22(2,3)18-14-17(15-19(21(18)26)23(4,5)6)20(16-8-7-9-16)25-12-10-24-11-13-25/h14-16,20,24,26H,7-13H2,1-6H3/t20-/m1/s1. The van der Waals surface area contributed by atoms with Crippen LogP contribution < -0.4 is 5.32 Å². The van der Waals surface area contributed by atoms with E-state index in [1.807, 2.05) is 0 Å². The number of rotatable bonds is 3. The molecule has 3 rings (SSSR count). The minimum absolute atomic E-state index is 0.0618. The zero-order valence-electron chi connectivity index (χ0n) is 17.7. The highest BCUT2D eigenvalue weighted by atomic mass is 16.3. The highest BCUT2D eigenvalue weighted by Gasteiger charge is 2.36. The summed E-state index contributed by atoms with van der Waals surface area (Å²) < 4.78 is 0. The van der Waals surface area contributed by atoms with Gasteiger partial charge in [0.25, 0.3) is 0 Å². The summed E-state index contributed by atoms with van der Waals surface area (Å²) in [4.78, 5) is 2.69. The average Bonchev–Trinajstić information content (AvgIpc) is 2.50. The zero-order chi connectivity index (χ0) is 19.1. The van der Waals surface area contributed by atoms with Gasteiger partial charge in [-0.05, 0) is 58.4 Å². The van der Waals surface area contributed by atoms with E-state index in [2.05, 4.69) is 63.9 Å². The molecule has 0 unspecified atom stereocenters.